The number of thioether (sulfide) groups is 1. The molecule has 2 heterocycles. The van der Waals surface area contributed by atoms with E-state index in [-0.39, 0.29) is 29.7 Å². The number of aliphatic imine (C=N–C) groups is 1. The summed E-state index contributed by atoms with van der Waals surface area (Å²) in [5.41, 5.74) is 0.282. The minimum Gasteiger partial charge on any atom is -0.444 e. The van der Waals surface area contributed by atoms with Gasteiger partial charge in [-0.3, -0.25) is 4.79 Å². The lowest BCUT2D eigenvalue weighted by atomic mass is 10.1. The third-order valence-corrected chi connectivity index (χ3v) is 7.94. The standard InChI is InChI=1S/C20H26FN3O5S2/c1-12-5-6-13(9-14(12)21)24-15-10-31(27,28)11-16(15)30-18(24)23-17(25)7-8-22-19(26)29-20(2,3)4/h5-6,9,15-16H,7-8,10-11H2,1-4H3,(H,22,26)/t15-,16-/m1/s1. The van der Waals surface area contributed by atoms with Crippen LogP contribution in [0.5, 0.6) is 0 Å². The van der Waals surface area contributed by atoms with E-state index >= 15 is 0 Å². The van der Waals surface area contributed by atoms with Gasteiger partial charge < -0.3 is 15.0 Å². The number of nitrogens with one attached hydrogen (secondary N) is 1. The van der Waals surface area contributed by atoms with Crippen molar-refractivity contribution in [1.29, 1.82) is 0 Å². The maximum absolute atomic E-state index is 14.2. The molecular formula is C20H26FN3O5S2. The lowest BCUT2D eigenvalue weighted by Crippen LogP contribution is -2.38. The molecule has 0 aromatic heterocycles. The molecule has 0 bridgehead atoms. The van der Waals surface area contributed by atoms with E-state index in [0.29, 0.717) is 16.4 Å². The Hall–Kier alpha value is -2.14. The van der Waals surface area contributed by atoms with E-state index in [2.05, 4.69) is 10.3 Å². The molecule has 1 aromatic rings. The van der Waals surface area contributed by atoms with Crippen molar-refractivity contribution in [3.05, 3.63) is 29.6 Å². The van der Waals surface area contributed by atoms with Crippen molar-refractivity contribution in [3.8, 4) is 0 Å². The number of carbonyl (C=O) groups excluding carboxylic acids is 2. The SMILES string of the molecule is Cc1ccc(N2C(=NC(=O)CCNC(=O)OC(C)(C)C)S[C@@H]3CS(=O)(=O)C[C@H]32)cc1F. The maximum Gasteiger partial charge on any atom is 0.407 e. The van der Waals surface area contributed by atoms with Gasteiger partial charge in [0.15, 0.2) is 15.0 Å². The van der Waals surface area contributed by atoms with Crippen LogP contribution in [-0.4, -0.2) is 60.5 Å². The quantitative estimate of drug-likeness (QED) is 0.720. The highest BCUT2D eigenvalue weighted by atomic mass is 32.2. The number of ether oxygens (including phenoxy) is 1. The molecule has 2 atom stereocenters. The van der Waals surface area contributed by atoms with Gasteiger partial charge in [0.25, 0.3) is 0 Å². The van der Waals surface area contributed by atoms with Gasteiger partial charge in [-0.25, -0.2) is 17.6 Å². The summed E-state index contributed by atoms with van der Waals surface area (Å²) in [6.07, 6.45) is -0.674. The predicted molar refractivity (Wildman–Crippen MR) is 119 cm³/mol. The van der Waals surface area contributed by atoms with Crippen LogP contribution in [0.4, 0.5) is 14.9 Å². The number of alkyl carbamates (subject to hydrolysis) is 1. The molecule has 11 heteroatoms. The van der Waals surface area contributed by atoms with Crippen LogP contribution in [0.15, 0.2) is 23.2 Å². The monoisotopic (exact) mass is 471 g/mol. The second-order valence-corrected chi connectivity index (χ2v) is 11.9. The number of nitrogens with zero attached hydrogens (tertiary/aromatic N) is 2. The normalized spacial score (nSPS) is 23.6. The number of amides is 2. The Labute approximate surface area is 185 Å². The zero-order chi connectivity index (χ0) is 23.0. The summed E-state index contributed by atoms with van der Waals surface area (Å²) in [4.78, 5) is 29.9. The molecule has 0 aliphatic carbocycles. The Morgan fingerprint density at radius 2 is 2.03 bits per heavy atom. The molecule has 2 fully saturated rings. The minimum atomic E-state index is -3.21. The molecule has 31 heavy (non-hydrogen) atoms. The van der Waals surface area contributed by atoms with Crippen molar-refractivity contribution >= 4 is 44.5 Å². The first-order valence-corrected chi connectivity index (χ1v) is 12.6. The Kier molecular flexibility index (Phi) is 6.66. The fourth-order valence-electron chi connectivity index (χ4n) is 3.35. The summed E-state index contributed by atoms with van der Waals surface area (Å²) in [6.45, 7) is 6.90. The number of benzene rings is 1. The molecule has 3 rings (SSSR count). The summed E-state index contributed by atoms with van der Waals surface area (Å²) in [5, 5.41) is 2.57. The van der Waals surface area contributed by atoms with E-state index < -0.39 is 39.3 Å². The molecule has 170 valence electrons. The predicted octanol–water partition coefficient (Wildman–Crippen LogP) is 2.65. The van der Waals surface area contributed by atoms with Crippen LogP contribution >= 0.6 is 11.8 Å². The van der Waals surface area contributed by atoms with Gasteiger partial charge >= 0.3 is 6.09 Å². The van der Waals surface area contributed by atoms with E-state index in [1.807, 2.05) is 0 Å². The van der Waals surface area contributed by atoms with Gasteiger partial charge in [0, 0.05) is 23.9 Å². The van der Waals surface area contributed by atoms with Crippen LogP contribution in [0.1, 0.15) is 32.8 Å². The summed E-state index contributed by atoms with van der Waals surface area (Å²) in [6, 6.07) is 4.21. The van der Waals surface area contributed by atoms with E-state index in [4.69, 9.17) is 4.74 Å². The molecule has 1 N–H and O–H groups in total. The number of amidine groups is 1. The Bertz CT molecular complexity index is 1020. The van der Waals surface area contributed by atoms with Crippen LogP contribution < -0.4 is 10.2 Å². The minimum absolute atomic E-state index is 0.0133. The molecule has 8 nitrogen and oxygen atoms in total. The number of fused-ring (bicyclic) bond motifs is 1. The number of hydrogen-bond acceptors (Lipinski definition) is 6. The highest BCUT2D eigenvalue weighted by molar-refractivity contribution is 8.16. The summed E-state index contributed by atoms with van der Waals surface area (Å²) in [7, 11) is -3.21. The second kappa shape index (κ2) is 8.78. The largest absolute Gasteiger partial charge is 0.444 e. The summed E-state index contributed by atoms with van der Waals surface area (Å²) in [5.74, 6) is -0.980. The third-order valence-electron chi connectivity index (χ3n) is 4.73. The van der Waals surface area contributed by atoms with Gasteiger partial charge in [-0.15, -0.1) is 0 Å². The van der Waals surface area contributed by atoms with Crippen LogP contribution in [-0.2, 0) is 19.4 Å². The summed E-state index contributed by atoms with van der Waals surface area (Å²) < 4.78 is 43.5. The third kappa shape index (κ3) is 5.97. The van der Waals surface area contributed by atoms with Crippen molar-refractivity contribution in [3.63, 3.8) is 0 Å². The summed E-state index contributed by atoms with van der Waals surface area (Å²) >= 11 is 1.21. The lowest BCUT2D eigenvalue weighted by molar-refractivity contribution is -0.117. The van der Waals surface area contributed by atoms with E-state index in [1.165, 1.54) is 17.8 Å². The number of rotatable bonds is 4. The molecule has 0 saturated carbocycles. The molecule has 2 aliphatic heterocycles. The first kappa shape index (κ1) is 23.5. The van der Waals surface area contributed by atoms with Gasteiger partial charge in [0.2, 0.25) is 5.91 Å². The van der Waals surface area contributed by atoms with E-state index in [9.17, 15) is 22.4 Å². The average molecular weight is 472 g/mol. The van der Waals surface area contributed by atoms with Crippen LogP contribution in [0.2, 0.25) is 0 Å². The van der Waals surface area contributed by atoms with Gasteiger partial charge in [0.05, 0.1) is 17.5 Å². The van der Waals surface area contributed by atoms with E-state index in [0.717, 1.165) is 0 Å². The molecule has 0 spiro atoms. The van der Waals surface area contributed by atoms with Crippen molar-refractivity contribution in [2.45, 2.75) is 51.0 Å². The van der Waals surface area contributed by atoms with Crippen molar-refractivity contribution in [1.82, 2.24) is 5.32 Å². The Balaban J connectivity index is 1.74. The molecule has 2 amide bonds. The van der Waals surface area contributed by atoms with Gasteiger partial charge in [-0.2, -0.15) is 4.99 Å². The fourth-order valence-corrected chi connectivity index (χ4v) is 7.28. The van der Waals surface area contributed by atoms with Crippen LogP contribution in [0, 0.1) is 12.7 Å². The average Bonchev–Trinajstić information content (AvgIpc) is 3.06. The highest BCUT2D eigenvalue weighted by Gasteiger charge is 2.49. The van der Waals surface area contributed by atoms with Crippen molar-refractivity contribution in [2.75, 3.05) is 23.0 Å². The molecular weight excluding hydrogens is 445 g/mol. The number of halogens is 1. The van der Waals surface area contributed by atoms with Gasteiger partial charge in [-0.1, -0.05) is 17.8 Å². The van der Waals surface area contributed by atoms with Gasteiger partial charge in [-0.05, 0) is 45.4 Å². The first-order chi connectivity index (χ1) is 14.3. The molecule has 1 aromatic carbocycles. The molecule has 0 unspecified atom stereocenters. The van der Waals surface area contributed by atoms with Crippen molar-refractivity contribution in [2.24, 2.45) is 4.99 Å². The zero-order valence-corrected chi connectivity index (χ0v) is 19.5. The maximum atomic E-state index is 14.2. The molecule has 2 aliphatic rings. The van der Waals surface area contributed by atoms with Crippen molar-refractivity contribution < 1.29 is 27.1 Å². The van der Waals surface area contributed by atoms with Gasteiger partial charge in [0.1, 0.15) is 11.4 Å². The highest BCUT2D eigenvalue weighted by Crippen LogP contribution is 2.41. The number of carbonyl (C=O) groups is 2. The smallest absolute Gasteiger partial charge is 0.407 e. The topological polar surface area (TPSA) is 105 Å². The number of sulfone groups is 1. The molecule has 2 saturated heterocycles. The zero-order valence-electron chi connectivity index (χ0n) is 17.8. The number of anilines is 1. The lowest BCUT2D eigenvalue weighted by Gasteiger charge is -2.24. The Morgan fingerprint density at radius 3 is 2.68 bits per heavy atom. The van der Waals surface area contributed by atoms with Crippen LogP contribution in [0.3, 0.4) is 0 Å². The molecule has 0 radical (unpaired) electrons. The Morgan fingerprint density at radius 1 is 1.32 bits per heavy atom. The number of hydrogen-bond donors (Lipinski definition) is 1. The van der Waals surface area contributed by atoms with Crippen LogP contribution in [0.25, 0.3) is 0 Å². The fraction of sp³-hybridized carbons (Fsp3) is 0.550. The van der Waals surface area contributed by atoms with E-state index in [1.54, 1.807) is 44.7 Å². The number of aryl methyl sites for hydroxylation is 1. The second-order valence-electron chi connectivity index (χ2n) is 8.57. The first-order valence-electron chi connectivity index (χ1n) is 9.85.